The fourth-order valence-corrected chi connectivity index (χ4v) is 4.25. The zero-order chi connectivity index (χ0) is 24.9. The van der Waals surface area contributed by atoms with Crippen molar-refractivity contribution in [1.29, 1.82) is 0 Å². The number of benzene rings is 2. The number of nitrogens with one attached hydrogen (secondary N) is 1. The minimum Gasteiger partial charge on any atom is -0.493 e. The first-order valence-electron chi connectivity index (χ1n) is 11.4. The predicted octanol–water partition coefficient (Wildman–Crippen LogP) is 3.94. The smallest absolute Gasteiger partial charge is 0.224 e. The van der Waals surface area contributed by atoms with Crippen LogP contribution in [0.3, 0.4) is 0 Å². The van der Waals surface area contributed by atoms with Crippen LogP contribution in [0.2, 0.25) is 0 Å². The molecule has 8 heteroatoms. The van der Waals surface area contributed by atoms with Gasteiger partial charge in [-0.1, -0.05) is 36.4 Å². The number of rotatable bonds is 9. The molecule has 0 saturated carbocycles. The number of nitrogens with zero attached hydrogens (tertiary/aromatic N) is 3. The van der Waals surface area contributed by atoms with Crippen molar-refractivity contribution >= 4 is 11.6 Å². The van der Waals surface area contributed by atoms with Crippen LogP contribution in [0.15, 0.2) is 48.5 Å². The maximum absolute atomic E-state index is 12.8. The van der Waals surface area contributed by atoms with Gasteiger partial charge in [-0.05, 0) is 26.3 Å². The Kier molecular flexibility index (Phi) is 7.19. The van der Waals surface area contributed by atoms with E-state index in [1.165, 1.54) is 0 Å². The van der Waals surface area contributed by atoms with Gasteiger partial charge in [0, 0.05) is 40.7 Å². The lowest BCUT2D eigenvalue weighted by Gasteiger charge is -2.16. The van der Waals surface area contributed by atoms with E-state index in [4.69, 9.17) is 24.3 Å². The number of methoxy groups -OCH3 is 3. The molecule has 0 bridgehead atoms. The molecule has 0 saturated heterocycles. The summed E-state index contributed by atoms with van der Waals surface area (Å²) in [5.41, 5.74) is 6.18. The second kappa shape index (κ2) is 10.5. The van der Waals surface area contributed by atoms with Gasteiger partial charge in [0.2, 0.25) is 11.7 Å². The Morgan fingerprint density at radius 3 is 2.40 bits per heavy atom. The standard InChI is InChI=1S/C27H30N4O4/c1-17-21(18(2)31-24(29-17)16-22(30-31)19-9-7-6-8-10-19)15-25(32)28-14-13-20-11-12-23(33-3)27(35-5)26(20)34-4/h6-12,16H,13-15H2,1-5H3,(H,28,32). The van der Waals surface area contributed by atoms with E-state index in [0.717, 1.165) is 39.4 Å². The second-order valence-electron chi connectivity index (χ2n) is 8.20. The van der Waals surface area contributed by atoms with Gasteiger partial charge in [0.05, 0.1) is 33.4 Å². The molecule has 4 aromatic rings. The number of carbonyl (C=O) groups excluding carboxylic acids is 1. The summed E-state index contributed by atoms with van der Waals surface area (Å²) in [6.45, 7) is 4.36. The van der Waals surface area contributed by atoms with Crippen LogP contribution in [0, 0.1) is 13.8 Å². The number of carbonyl (C=O) groups is 1. The number of hydrogen-bond donors (Lipinski definition) is 1. The lowest BCUT2D eigenvalue weighted by atomic mass is 10.1. The number of aromatic nitrogens is 3. The maximum Gasteiger partial charge on any atom is 0.224 e. The molecular weight excluding hydrogens is 444 g/mol. The van der Waals surface area contributed by atoms with Crippen LogP contribution in [0.25, 0.3) is 16.9 Å². The first-order valence-corrected chi connectivity index (χ1v) is 11.4. The predicted molar refractivity (Wildman–Crippen MR) is 134 cm³/mol. The van der Waals surface area contributed by atoms with Gasteiger partial charge < -0.3 is 19.5 Å². The molecule has 1 amide bonds. The van der Waals surface area contributed by atoms with Crippen molar-refractivity contribution in [3.8, 4) is 28.5 Å². The van der Waals surface area contributed by atoms with Crippen LogP contribution in [0.4, 0.5) is 0 Å². The molecule has 0 aliphatic heterocycles. The van der Waals surface area contributed by atoms with Gasteiger partial charge >= 0.3 is 0 Å². The van der Waals surface area contributed by atoms with E-state index in [1.54, 1.807) is 21.3 Å². The second-order valence-corrected chi connectivity index (χ2v) is 8.20. The Morgan fingerprint density at radius 2 is 1.71 bits per heavy atom. The van der Waals surface area contributed by atoms with Gasteiger partial charge in [0.1, 0.15) is 0 Å². The topological polar surface area (TPSA) is 87.0 Å². The molecule has 35 heavy (non-hydrogen) atoms. The van der Waals surface area contributed by atoms with Gasteiger partial charge in [0.15, 0.2) is 17.1 Å². The highest BCUT2D eigenvalue weighted by Gasteiger charge is 2.18. The molecular formula is C27H30N4O4. The van der Waals surface area contributed by atoms with E-state index >= 15 is 0 Å². The zero-order valence-electron chi connectivity index (χ0n) is 20.7. The molecule has 0 unspecified atom stereocenters. The highest BCUT2D eigenvalue weighted by atomic mass is 16.5. The highest BCUT2D eigenvalue weighted by Crippen LogP contribution is 2.39. The molecule has 0 radical (unpaired) electrons. The number of amides is 1. The van der Waals surface area contributed by atoms with E-state index < -0.39 is 0 Å². The minimum atomic E-state index is -0.0766. The molecule has 2 aromatic carbocycles. The van der Waals surface area contributed by atoms with Crippen molar-refractivity contribution in [2.24, 2.45) is 0 Å². The van der Waals surface area contributed by atoms with Crippen molar-refractivity contribution in [3.05, 3.63) is 71.0 Å². The molecule has 0 spiro atoms. The summed E-state index contributed by atoms with van der Waals surface area (Å²) >= 11 is 0. The lowest BCUT2D eigenvalue weighted by molar-refractivity contribution is -0.120. The summed E-state index contributed by atoms with van der Waals surface area (Å²) < 4.78 is 18.1. The maximum atomic E-state index is 12.8. The summed E-state index contributed by atoms with van der Waals surface area (Å²) in [7, 11) is 4.75. The average Bonchev–Trinajstić information content (AvgIpc) is 3.30. The Morgan fingerprint density at radius 1 is 0.971 bits per heavy atom. The molecule has 0 fully saturated rings. The quantitative estimate of drug-likeness (QED) is 0.395. The number of aryl methyl sites for hydroxylation is 2. The molecule has 1 N–H and O–H groups in total. The van der Waals surface area contributed by atoms with Crippen LogP contribution < -0.4 is 19.5 Å². The molecule has 0 atom stereocenters. The summed E-state index contributed by atoms with van der Waals surface area (Å²) in [5, 5.41) is 7.74. The molecule has 2 aromatic heterocycles. The first kappa shape index (κ1) is 24.1. The van der Waals surface area contributed by atoms with E-state index in [0.29, 0.717) is 30.2 Å². The largest absolute Gasteiger partial charge is 0.493 e. The highest BCUT2D eigenvalue weighted by molar-refractivity contribution is 5.79. The van der Waals surface area contributed by atoms with Crippen LogP contribution in [0.1, 0.15) is 22.5 Å². The third-order valence-electron chi connectivity index (χ3n) is 6.07. The first-order chi connectivity index (χ1) is 17.0. The Bertz CT molecular complexity index is 1350. The molecule has 2 heterocycles. The van der Waals surface area contributed by atoms with Crippen molar-refractivity contribution in [3.63, 3.8) is 0 Å². The number of hydrogen-bond acceptors (Lipinski definition) is 6. The van der Waals surface area contributed by atoms with Crippen molar-refractivity contribution in [2.45, 2.75) is 26.7 Å². The normalized spacial score (nSPS) is 10.9. The fraction of sp³-hybridized carbons (Fsp3) is 0.296. The van der Waals surface area contributed by atoms with Crippen molar-refractivity contribution < 1.29 is 19.0 Å². The number of ether oxygens (including phenoxy) is 3. The zero-order valence-corrected chi connectivity index (χ0v) is 20.7. The fourth-order valence-electron chi connectivity index (χ4n) is 4.25. The Balaban J connectivity index is 1.47. The van der Waals surface area contributed by atoms with Gasteiger partial charge in [-0.3, -0.25) is 4.79 Å². The summed E-state index contributed by atoms with van der Waals surface area (Å²) in [6, 6.07) is 15.7. The SMILES string of the molecule is COc1ccc(CCNC(=O)Cc2c(C)nc3cc(-c4ccccc4)nn3c2C)c(OC)c1OC. The van der Waals surface area contributed by atoms with E-state index in [-0.39, 0.29) is 12.3 Å². The monoisotopic (exact) mass is 474 g/mol. The molecule has 0 aliphatic carbocycles. The molecule has 0 aliphatic rings. The number of fused-ring (bicyclic) bond motifs is 1. The van der Waals surface area contributed by atoms with Crippen LogP contribution in [-0.4, -0.2) is 48.4 Å². The summed E-state index contributed by atoms with van der Waals surface area (Å²) in [4.78, 5) is 17.5. The average molecular weight is 475 g/mol. The van der Waals surface area contributed by atoms with E-state index in [9.17, 15) is 4.79 Å². The molecule has 8 nitrogen and oxygen atoms in total. The van der Waals surface area contributed by atoms with Gasteiger partial charge in [-0.15, -0.1) is 0 Å². The van der Waals surface area contributed by atoms with Gasteiger partial charge in [-0.25, -0.2) is 9.50 Å². The van der Waals surface area contributed by atoms with Gasteiger partial charge in [-0.2, -0.15) is 5.10 Å². The van der Waals surface area contributed by atoms with Crippen molar-refractivity contribution in [1.82, 2.24) is 19.9 Å². The minimum absolute atomic E-state index is 0.0766. The molecule has 182 valence electrons. The third-order valence-corrected chi connectivity index (χ3v) is 6.07. The van der Waals surface area contributed by atoms with Crippen molar-refractivity contribution in [2.75, 3.05) is 27.9 Å². The van der Waals surface area contributed by atoms with Crippen LogP contribution in [0.5, 0.6) is 17.2 Å². The third kappa shape index (κ3) is 4.91. The summed E-state index contributed by atoms with van der Waals surface area (Å²) in [5.74, 6) is 1.67. The van der Waals surface area contributed by atoms with E-state index in [2.05, 4.69) is 5.32 Å². The van der Waals surface area contributed by atoms with E-state index in [1.807, 2.05) is 66.9 Å². The van der Waals surface area contributed by atoms with Gasteiger partial charge in [0.25, 0.3) is 0 Å². The lowest BCUT2D eigenvalue weighted by Crippen LogP contribution is -2.28. The van der Waals surface area contributed by atoms with Crippen LogP contribution in [-0.2, 0) is 17.6 Å². The Hall–Kier alpha value is -4.07. The molecule has 4 rings (SSSR count). The van der Waals surface area contributed by atoms with Crippen LogP contribution >= 0.6 is 0 Å². The Labute approximate surface area is 204 Å². The summed E-state index contributed by atoms with van der Waals surface area (Å²) in [6.07, 6.45) is 0.814.